The lowest BCUT2D eigenvalue weighted by Crippen LogP contribution is -2.49. The summed E-state index contributed by atoms with van der Waals surface area (Å²) in [6, 6.07) is 8.65. The number of aromatic nitrogens is 1. The lowest BCUT2D eigenvalue weighted by molar-refractivity contribution is -0.0140. The fourth-order valence-corrected chi connectivity index (χ4v) is 2.54. The van der Waals surface area contributed by atoms with Crippen LogP contribution in [-0.2, 0) is 4.74 Å². The van der Waals surface area contributed by atoms with E-state index < -0.39 is 12.1 Å². The van der Waals surface area contributed by atoms with Crippen LogP contribution in [0.25, 0.3) is 10.9 Å². The molecule has 0 aliphatic carbocycles. The molecule has 2 aromatic rings. The number of rotatable bonds is 3. The minimum atomic E-state index is -0.597. The molecule has 3 rings (SSSR count). The van der Waals surface area contributed by atoms with Gasteiger partial charge in [0.25, 0.3) is 5.91 Å². The molecular formula is C16H18N2O4. The van der Waals surface area contributed by atoms with Crippen molar-refractivity contribution in [3.05, 3.63) is 36.0 Å². The molecule has 0 radical (unpaired) electrons. The summed E-state index contributed by atoms with van der Waals surface area (Å²) < 4.78 is 10.6. The molecule has 1 fully saturated rings. The van der Waals surface area contributed by atoms with E-state index in [0.29, 0.717) is 30.9 Å². The molecule has 0 unspecified atom stereocenters. The van der Waals surface area contributed by atoms with Gasteiger partial charge in [-0.05, 0) is 18.6 Å². The summed E-state index contributed by atoms with van der Waals surface area (Å²) in [5.74, 6) is 0.245. The van der Waals surface area contributed by atoms with E-state index >= 15 is 0 Å². The van der Waals surface area contributed by atoms with Crippen molar-refractivity contribution in [2.24, 2.45) is 0 Å². The van der Waals surface area contributed by atoms with E-state index in [9.17, 15) is 9.90 Å². The van der Waals surface area contributed by atoms with Crippen LogP contribution < -0.4 is 10.1 Å². The first-order chi connectivity index (χ1) is 10.7. The minimum absolute atomic E-state index is 0.258. The van der Waals surface area contributed by atoms with Crippen molar-refractivity contribution in [3.63, 3.8) is 0 Å². The van der Waals surface area contributed by atoms with E-state index in [1.54, 1.807) is 13.2 Å². The Kier molecular flexibility index (Phi) is 4.22. The molecule has 0 saturated carbocycles. The van der Waals surface area contributed by atoms with E-state index in [0.717, 1.165) is 5.39 Å². The van der Waals surface area contributed by atoms with E-state index in [1.165, 1.54) is 0 Å². The maximum atomic E-state index is 12.4. The Hall–Kier alpha value is -2.18. The molecule has 1 aromatic heterocycles. The number of nitrogens with zero attached hydrogens (tertiary/aromatic N) is 1. The van der Waals surface area contributed by atoms with Crippen molar-refractivity contribution >= 4 is 16.8 Å². The Balaban J connectivity index is 1.87. The third kappa shape index (κ3) is 2.88. The zero-order chi connectivity index (χ0) is 15.5. The number of benzene rings is 1. The van der Waals surface area contributed by atoms with Gasteiger partial charge in [0.05, 0.1) is 31.4 Å². The maximum absolute atomic E-state index is 12.4. The number of ether oxygens (including phenoxy) is 2. The fourth-order valence-electron chi connectivity index (χ4n) is 2.54. The first-order valence-electron chi connectivity index (χ1n) is 7.19. The van der Waals surface area contributed by atoms with Gasteiger partial charge in [-0.2, -0.15) is 0 Å². The van der Waals surface area contributed by atoms with Crippen LogP contribution in [-0.4, -0.2) is 48.5 Å². The highest BCUT2D eigenvalue weighted by Crippen LogP contribution is 2.25. The van der Waals surface area contributed by atoms with Gasteiger partial charge in [-0.15, -0.1) is 0 Å². The molecule has 1 amide bonds. The van der Waals surface area contributed by atoms with Gasteiger partial charge in [0, 0.05) is 18.1 Å². The van der Waals surface area contributed by atoms with E-state index in [4.69, 9.17) is 9.47 Å². The van der Waals surface area contributed by atoms with E-state index in [-0.39, 0.29) is 11.6 Å². The zero-order valence-corrected chi connectivity index (χ0v) is 12.3. The van der Waals surface area contributed by atoms with Crippen LogP contribution in [0.5, 0.6) is 5.75 Å². The molecular weight excluding hydrogens is 284 g/mol. The van der Waals surface area contributed by atoms with Crippen LogP contribution in [0.15, 0.2) is 30.3 Å². The first-order valence-corrected chi connectivity index (χ1v) is 7.19. The molecule has 116 valence electrons. The Labute approximate surface area is 128 Å². The molecule has 2 atom stereocenters. The molecule has 2 N–H and O–H groups in total. The number of hydrogen-bond donors (Lipinski definition) is 2. The molecule has 6 nitrogen and oxygen atoms in total. The first kappa shape index (κ1) is 14.7. The summed E-state index contributed by atoms with van der Waals surface area (Å²) in [5.41, 5.74) is 0.945. The number of carbonyl (C=O) groups is 1. The van der Waals surface area contributed by atoms with Crippen molar-refractivity contribution in [1.29, 1.82) is 0 Å². The molecule has 2 heterocycles. The molecule has 6 heteroatoms. The standard InChI is InChI=1S/C16H18N2O4/c1-21-15-8-12(17-11-5-3-2-4-10(11)15)16(20)18-13-9-22-7-6-14(13)19/h2-5,8,13-14,19H,6-7,9H2,1H3,(H,18,20)/t13-,14-/m1/s1. The van der Waals surface area contributed by atoms with Crippen molar-refractivity contribution in [2.75, 3.05) is 20.3 Å². The summed E-state index contributed by atoms with van der Waals surface area (Å²) in [6.07, 6.45) is -0.0839. The van der Waals surface area contributed by atoms with Crippen molar-refractivity contribution in [1.82, 2.24) is 10.3 Å². The molecule has 22 heavy (non-hydrogen) atoms. The second-order valence-corrected chi connectivity index (χ2v) is 5.24. The Morgan fingerprint density at radius 1 is 1.45 bits per heavy atom. The van der Waals surface area contributed by atoms with Crippen molar-refractivity contribution in [2.45, 2.75) is 18.6 Å². The van der Waals surface area contributed by atoms with Crippen LogP contribution in [0.3, 0.4) is 0 Å². The smallest absolute Gasteiger partial charge is 0.270 e. The summed E-state index contributed by atoms with van der Waals surface area (Å²) in [4.78, 5) is 16.7. The monoisotopic (exact) mass is 302 g/mol. The predicted molar refractivity (Wildman–Crippen MR) is 81.0 cm³/mol. The highest BCUT2D eigenvalue weighted by molar-refractivity contribution is 5.97. The third-order valence-electron chi connectivity index (χ3n) is 3.77. The highest BCUT2D eigenvalue weighted by Gasteiger charge is 2.26. The second kappa shape index (κ2) is 6.29. The largest absolute Gasteiger partial charge is 0.496 e. The van der Waals surface area contributed by atoms with Gasteiger partial charge in [-0.1, -0.05) is 12.1 Å². The zero-order valence-electron chi connectivity index (χ0n) is 12.3. The van der Waals surface area contributed by atoms with Crippen LogP contribution in [0.2, 0.25) is 0 Å². The van der Waals surface area contributed by atoms with Gasteiger partial charge in [-0.3, -0.25) is 4.79 Å². The molecule has 1 saturated heterocycles. The predicted octanol–water partition coefficient (Wildman–Crippen LogP) is 1.12. The molecule has 0 bridgehead atoms. The quantitative estimate of drug-likeness (QED) is 0.888. The second-order valence-electron chi connectivity index (χ2n) is 5.24. The topological polar surface area (TPSA) is 80.7 Å². The van der Waals surface area contributed by atoms with E-state index in [2.05, 4.69) is 10.3 Å². The fraction of sp³-hybridized carbons (Fsp3) is 0.375. The number of amides is 1. The molecule has 1 aliphatic heterocycles. The third-order valence-corrected chi connectivity index (χ3v) is 3.77. The Morgan fingerprint density at radius 3 is 3.05 bits per heavy atom. The summed E-state index contributed by atoms with van der Waals surface area (Å²) in [5, 5.41) is 13.5. The average molecular weight is 302 g/mol. The lowest BCUT2D eigenvalue weighted by atomic mass is 10.1. The number of hydrogen-bond acceptors (Lipinski definition) is 5. The van der Waals surface area contributed by atoms with Gasteiger partial charge >= 0.3 is 0 Å². The number of aliphatic hydroxyl groups is 1. The molecule has 1 aliphatic rings. The van der Waals surface area contributed by atoms with Crippen LogP contribution in [0.1, 0.15) is 16.9 Å². The molecule has 0 spiro atoms. The Morgan fingerprint density at radius 2 is 2.27 bits per heavy atom. The average Bonchev–Trinajstić information content (AvgIpc) is 2.55. The lowest BCUT2D eigenvalue weighted by Gasteiger charge is -2.28. The highest BCUT2D eigenvalue weighted by atomic mass is 16.5. The van der Waals surface area contributed by atoms with Crippen LogP contribution in [0, 0.1) is 0 Å². The normalized spacial score (nSPS) is 21.5. The number of methoxy groups -OCH3 is 1. The molecule has 1 aromatic carbocycles. The maximum Gasteiger partial charge on any atom is 0.270 e. The number of nitrogens with one attached hydrogen (secondary N) is 1. The van der Waals surface area contributed by atoms with Crippen LogP contribution in [0.4, 0.5) is 0 Å². The van der Waals surface area contributed by atoms with Crippen LogP contribution >= 0.6 is 0 Å². The summed E-state index contributed by atoms with van der Waals surface area (Å²) in [6.45, 7) is 0.813. The summed E-state index contributed by atoms with van der Waals surface area (Å²) in [7, 11) is 1.56. The van der Waals surface area contributed by atoms with Gasteiger partial charge < -0.3 is 19.9 Å². The van der Waals surface area contributed by atoms with Gasteiger partial charge in [-0.25, -0.2) is 4.98 Å². The van der Waals surface area contributed by atoms with Gasteiger partial charge in [0.15, 0.2) is 0 Å². The van der Waals surface area contributed by atoms with Gasteiger partial charge in [0.1, 0.15) is 11.4 Å². The van der Waals surface area contributed by atoms with Crippen molar-refractivity contribution < 1.29 is 19.4 Å². The number of aliphatic hydroxyl groups excluding tert-OH is 1. The SMILES string of the molecule is COc1cc(C(=O)N[C@@H]2COCC[C@H]2O)nc2ccccc12. The minimum Gasteiger partial charge on any atom is -0.496 e. The number of pyridine rings is 1. The van der Waals surface area contributed by atoms with Gasteiger partial charge in [0.2, 0.25) is 0 Å². The number of para-hydroxylation sites is 1. The van der Waals surface area contributed by atoms with E-state index in [1.807, 2.05) is 24.3 Å². The number of carbonyl (C=O) groups excluding carboxylic acids is 1. The Bertz CT molecular complexity index is 689. The van der Waals surface area contributed by atoms with Crippen molar-refractivity contribution in [3.8, 4) is 5.75 Å². The summed E-state index contributed by atoms with van der Waals surface area (Å²) >= 11 is 0. The number of fused-ring (bicyclic) bond motifs is 1.